The molecule has 2 aromatic heterocycles. The van der Waals surface area contributed by atoms with Crippen LogP contribution in [0.4, 0.5) is 0 Å². The molecule has 6 heteroatoms. The molecule has 0 aliphatic heterocycles. The van der Waals surface area contributed by atoms with E-state index in [0.717, 1.165) is 35.9 Å². The average Bonchev–Trinajstić information content (AvgIpc) is 3.02. The molecule has 0 aromatic carbocycles. The zero-order valence-corrected chi connectivity index (χ0v) is 13.6. The first-order chi connectivity index (χ1) is 9.91. The molecule has 2 heterocycles. The Morgan fingerprint density at radius 2 is 2.00 bits per heavy atom. The van der Waals surface area contributed by atoms with E-state index in [0.29, 0.717) is 13.1 Å². The van der Waals surface area contributed by atoms with E-state index in [4.69, 9.17) is 4.52 Å². The summed E-state index contributed by atoms with van der Waals surface area (Å²) in [6, 6.07) is 1.98. The second-order valence-electron chi connectivity index (χ2n) is 6.20. The Hall–Kier alpha value is -1.69. The molecule has 0 saturated heterocycles. The lowest BCUT2D eigenvalue weighted by Gasteiger charge is -2.19. The summed E-state index contributed by atoms with van der Waals surface area (Å²) < 4.78 is 7.30. The van der Waals surface area contributed by atoms with E-state index in [9.17, 15) is 0 Å². The molecule has 1 N–H and O–H groups in total. The van der Waals surface area contributed by atoms with Gasteiger partial charge in [-0.3, -0.25) is 0 Å². The van der Waals surface area contributed by atoms with Gasteiger partial charge in [-0.05, 0) is 20.8 Å². The predicted molar refractivity (Wildman–Crippen MR) is 81.0 cm³/mol. The van der Waals surface area contributed by atoms with Crippen molar-refractivity contribution >= 4 is 0 Å². The van der Waals surface area contributed by atoms with Gasteiger partial charge in [0.15, 0.2) is 11.6 Å². The fourth-order valence-corrected chi connectivity index (χ4v) is 1.98. The maximum atomic E-state index is 5.40. The third kappa shape index (κ3) is 4.39. The van der Waals surface area contributed by atoms with Crippen molar-refractivity contribution in [1.82, 2.24) is 25.2 Å². The molecule has 0 bridgehead atoms. The molecule has 2 rings (SSSR count). The molecular formula is C15H25N5O. The number of aryl methyl sites for hydroxylation is 2. The minimum atomic E-state index is 0.0659. The monoisotopic (exact) mass is 291 g/mol. The predicted octanol–water partition coefficient (Wildman–Crippen LogP) is 2.33. The minimum absolute atomic E-state index is 0.0659. The molecule has 0 spiro atoms. The first-order valence-corrected chi connectivity index (χ1v) is 7.53. The fraction of sp³-hybridized carbons (Fsp3) is 0.667. The number of aromatic nitrogens is 4. The van der Waals surface area contributed by atoms with Crippen molar-refractivity contribution in [2.24, 2.45) is 0 Å². The lowest BCUT2D eigenvalue weighted by atomic mass is 10.1. The number of nitrogens with one attached hydrogen (secondary N) is 1. The highest BCUT2D eigenvalue weighted by Crippen LogP contribution is 2.10. The van der Waals surface area contributed by atoms with Gasteiger partial charge in [0.1, 0.15) is 12.4 Å². The van der Waals surface area contributed by atoms with Crippen molar-refractivity contribution < 1.29 is 4.52 Å². The second kappa shape index (κ2) is 6.39. The Labute approximate surface area is 125 Å². The van der Waals surface area contributed by atoms with Gasteiger partial charge in [-0.2, -0.15) is 5.10 Å². The fourth-order valence-electron chi connectivity index (χ4n) is 1.98. The Balaban J connectivity index is 2.03. The van der Waals surface area contributed by atoms with Gasteiger partial charge in [0.2, 0.25) is 0 Å². The zero-order chi connectivity index (χ0) is 15.5. The van der Waals surface area contributed by atoms with E-state index >= 15 is 0 Å². The van der Waals surface area contributed by atoms with Crippen molar-refractivity contribution in [2.45, 2.75) is 66.1 Å². The molecule has 6 nitrogen and oxygen atoms in total. The molecule has 0 unspecified atom stereocenters. The first kappa shape index (κ1) is 15.7. The van der Waals surface area contributed by atoms with Crippen LogP contribution in [0, 0.1) is 0 Å². The van der Waals surface area contributed by atoms with E-state index in [1.807, 2.05) is 10.7 Å². The molecule has 21 heavy (non-hydrogen) atoms. The topological polar surface area (TPSA) is 68.8 Å². The highest BCUT2D eigenvalue weighted by Gasteiger charge is 2.13. The third-order valence-electron chi connectivity index (χ3n) is 3.14. The van der Waals surface area contributed by atoms with Gasteiger partial charge in [0.05, 0.1) is 5.69 Å². The molecule has 0 fully saturated rings. The maximum absolute atomic E-state index is 5.40. The van der Waals surface area contributed by atoms with Crippen LogP contribution in [0.5, 0.6) is 0 Å². The summed E-state index contributed by atoms with van der Waals surface area (Å²) in [7, 11) is 0. The van der Waals surface area contributed by atoms with E-state index in [1.165, 1.54) is 0 Å². The Kier molecular flexibility index (Phi) is 4.77. The number of nitrogens with zero attached hydrogens (tertiary/aromatic N) is 4. The minimum Gasteiger partial charge on any atom is -0.359 e. The number of rotatable bonds is 6. The van der Waals surface area contributed by atoms with Gasteiger partial charge in [-0.15, -0.1) is 0 Å². The maximum Gasteiger partial charge on any atom is 0.158 e. The summed E-state index contributed by atoms with van der Waals surface area (Å²) in [6.07, 6.45) is 1.71. The SMILES string of the molecule is CCc1nc(CC)n(Cc2cc(CNC(C)(C)C)no2)n1. The van der Waals surface area contributed by atoms with Crippen LogP contribution in [0.15, 0.2) is 10.6 Å². The molecule has 116 valence electrons. The zero-order valence-electron chi connectivity index (χ0n) is 13.6. The number of hydrogen-bond acceptors (Lipinski definition) is 5. The Morgan fingerprint density at radius 1 is 1.24 bits per heavy atom. The third-order valence-corrected chi connectivity index (χ3v) is 3.14. The molecule has 0 amide bonds. The molecule has 2 aromatic rings. The number of hydrogen-bond donors (Lipinski definition) is 1. The molecule has 0 atom stereocenters. The summed E-state index contributed by atoms with van der Waals surface area (Å²) in [5.41, 5.74) is 0.977. The van der Waals surface area contributed by atoms with E-state index < -0.39 is 0 Å². The normalized spacial score (nSPS) is 12.0. The van der Waals surface area contributed by atoms with Gasteiger partial charge in [0, 0.05) is 31.0 Å². The Morgan fingerprint density at radius 3 is 2.62 bits per heavy atom. The van der Waals surface area contributed by atoms with Crippen LogP contribution < -0.4 is 5.32 Å². The summed E-state index contributed by atoms with van der Waals surface area (Å²) >= 11 is 0. The lowest BCUT2D eigenvalue weighted by molar-refractivity contribution is 0.355. The van der Waals surface area contributed by atoms with Crippen molar-refractivity contribution in [2.75, 3.05) is 0 Å². The van der Waals surface area contributed by atoms with Crippen molar-refractivity contribution in [3.05, 3.63) is 29.2 Å². The van der Waals surface area contributed by atoms with Gasteiger partial charge in [-0.1, -0.05) is 19.0 Å². The average molecular weight is 291 g/mol. The van der Waals surface area contributed by atoms with E-state index in [-0.39, 0.29) is 5.54 Å². The summed E-state index contributed by atoms with van der Waals surface area (Å²) in [4.78, 5) is 4.50. The largest absolute Gasteiger partial charge is 0.359 e. The standard InChI is InChI=1S/C15H25N5O/c1-6-13-17-14(7-2)20(18-13)10-12-8-11(19-21-12)9-16-15(3,4)5/h8,16H,6-7,9-10H2,1-5H3. The molecule has 0 aliphatic rings. The smallest absolute Gasteiger partial charge is 0.158 e. The van der Waals surface area contributed by atoms with Crippen molar-refractivity contribution in [3.63, 3.8) is 0 Å². The van der Waals surface area contributed by atoms with Crippen LogP contribution in [0.1, 0.15) is 57.7 Å². The van der Waals surface area contributed by atoms with Crippen LogP contribution in [0.25, 0.3) is 0 Å². The Bertz CT molecular complexity index is 579. The van der Waals surface area contributed by atoms with Gasteiger partial charge in [0.25, 0.3) is 0 Å². The summed E-state index contributed by atoms with van der Waals surface area (Å²) in [6.45, 7) is 11.8. The highest BCUT2D eigenvalue weighted by molar-refractivity contribution is 5.07. The lowest BCUT2D eigenvalue weighted by Crippen LogP contribution is -2.35. The van der Waals surface area contributed by atoms with Crippen LogP contribution in [0.3, 0.4) is 0 Å². The van der Waals surface area contributed by atoms with Crippen molar-refractivity contribution in [1.29, 1.82) is 0 Å². The van der Waals surface area contributed by atoms with Gasteiger partial charge < -0.3 is 9.84 Å². The molecule has 0 radical (unpaired) electrons. The van der Waals surface area contributed by atoms with Gasteiger partial charge in [-0.25, -0.2) is 9.67 Å². The van der Waals surface area contributed by atoms with E-state index in [2.05, 4.69) is 55.2 Å². The summed E-state index contributed by atoms with van der Waals surface area (Å²) in [5.74, 6) is 2.67. The van der Waals surface area contributed by atoms with Crippen LogP contribution in [-0.2, 0) is 25.9 Å². The molecular weight excluding hydrogens is 266 g/mol. The molecule has 0 saturated carbocycles. The summed E-state index contributed by atoms with van der Waals surface area (Å²) in [5, 5.41) is 12.0. The van der Waals surface area contributed by atoms with Crippen molar-refractivity contribution in [3.8, 4) is 0 Å². The highest BCUT2D eigenvalue weighted by atomic mass is 16.5. The second-order valence-corrected chi connectivity index (χ2v) is 6.20. The first-order valence-electron chi connectivity index (χ1n) is 7.53. The quantitative estimate of drug-likeness (QED) is 0.884. The van der Waals surface area contributed by atoms with Crippen LogP contribution >= 0.6 is 0 Å². The van der Waals surface area contributed by atoms with E-state index in [1.54, 1.807) is 0 Å². The van der Waals surface area contributed by atoms with Gasteiger partial charge >= 0.3 is 0 Å². The van der Waals surface area contributed by atoms with Crippen LogP contribution in [0.2, 0.25) is 0 Å². The molecule has 0 aliphatic carbocycles. The van der Waals surface area contributed by atoms with Crippen LogP contribution in [-0.4, -0.2) is 25.5 Å².